The molecular weight excluding hydrogens is 198 g/mol. The van der Waals surface area contributed by atoms with Crippen molar-refractivity contribution in [3.63, 3.8) is 0 Å². The van der Waals surface area contributed by atoms with E-state index in [9.17, 15) is 8.78 Å². The Hall–Kier alpha value is -0.710. The van der Waals surface area contributed by atoms with Gasteiger partial charge in [0.15, 0.2) is 11.6 Å². The minimum atomic E-state index is -0.960. The monoisotopic (exact) mass is 206 g/mol. The molecule has 0 saturated heterocycles. The van der Waals surface area contributed by atoms with Gasteiger partial charge in [0.25, 0.3) is 0 Å². The molecule has 13 heavy (non-hydrogen) atoms. The van der Waals surface area contributed by atoms with Crippen molar-refractivity contribution in [1.29, 1.82) is 0 Å². The molecule has 1 unspecified atom stereocenters. The Kier molecular flexibility index (Phi) is 3.19. The number of hydrazine groups is 1. The Morgan fingerprint density at radius 3 is 2.62 bits per heavy atom. The molecule has 72 valence electrons. The van der Waals surface area contributed by atoms with Crippen molar-refractivity contribution in [2.24, 2.45) is 5.84 Å². The number of hydrogen-bond acceptors (Lipinski definition) is 2. The van der Waals surface area contributed by atoms with Crippen molar-refractivity contribution in [2.75, 3.05) is 0 Å². The van der Waals surface area contributed by atoms with Crippen LogP contribution in [0.4, 0.5) is 8.78 Å². The highest BCUT2D eigenvalue weighted by Crippen LogP contribution is 2.26. The molecule has 0 aromatic heterocycles. The van der Waals surface area contributed by atoms with Crippen LogP contribution in [-0.4, -0.2) is 0 Å². The van der Waals surface area contributed by atoms with E-state index in [1.54, 1.807) is 6.92 Å². The smallest absolute Gasteiger partial charge is 0.165 e. The summed E-state index contributed by atoms with van der Waals surface area (Å²) in [5.41, 5.74) is 2.34. The zero-order valence-electron chi connectivity index (χ0n) is 6.94. The highest BCUT2D eigenvalue weighted by molar-refractivity contribution is 6.31. The first-order valence-electron chi connectivity index (χ1n) is 3.67. The lowest BCUT2D eigenvalue weighted by atomic mass is 10.1. The predicted octanol–water partition coefficient (Wildman–Crippen LogP) is 2.14. The van der Waals surface area contributed by atoms with Crippen LogP contribution in [0.1, 0.15) is 18.5 Å². The first-order chi connectivity index (χ1) is 6.07. The Balaban J connectivity index is 3.25. The zero-order chi connectivity index (χ0) is 10.0. The summed E-state index contributed by atoms with van der Waals surface area (Å²) in [6.45, 7) is 1.59. The van der Waals surface area contributed by atoms with Gasteiger partial charge < -0.3 is 0 Å². The van der Waals surface area contributed by atoms with Crippen LogP contribution in [-0.2, 0) is 0 Å². The standard InChI is InChI=1S/C8H9ClF2N2/c1-4(13-12)7-5(9)2-3-6(10)8(7)11/h2-4,13H,12H2,1H3. The van der Waals surface area contributed by atoms with E-state index in [0.29, 0.717) is 0 Å². The van der Waals surface area contributed by atoms with E-state index in [1.807, 2.05) is 0 Å². The van der Waals surface area contributed by atoms with Crippen molar-refractivity contribution in [1.82, 2.24) is 5.43 Å². The second-order valence-corrected chi connectivity index (χ2v) is 3.05. The van der Waals surface area contributed by atoms with Gasteiger partial charge >= 0.3 is 0 Å². The molecule has 0 aliphatic carbocycles. The average Bonchev–Trinajstić information content (AvgIpc) is 2.12. The lowest BCUT2D eigenvalue weighted by molar-refractivity contribution is 0.477. The second kappa shape index (κ2) is 4.00. The maximum Gasteiger partial charge on any atom is 0.165 e. The fourth-order valence-electron chi connectivity index (χ4n) is 1.02. The Labute approximate surface area is 79.7 Å². The third-order valence-electron chi connectivity index (χ3n) is 1.76. The zero-order valence-corrected chi connectivity index (χ0v) is 7.70. The summed E-state index contributed by atoms with van der Waals surface area (Å²) in [6, 6.07) is 1.75. The summed E-state index contributed by atoms with van der Waals surface area (Å²) < 4.78 is 25.9. The van der Waals surface area contributed by atoms with E-state index in [4.69, 9.17) is 17.4 Å². The molecule has 1 rings (SSSR count). The fourth-order valence-corrected chi connectivity index (χ4v) is 1.33. The van der Waals surface area contributed by atoms with Gasteiger partial charge in [-0.2, -0.15) is 0 Å². The fraction of sp³-hybridized carbons (Fsp3) is 0.250. The van der Waals surface area contributed by atoms with Crippen LogP contribution < -0.4 is 11.3 Å². The van der Waals surface area contributed by atoms with E-state index >= 15 is 0 Å². The first kappa shape index (κ1) is 10.4. The molecule has 0 saturated carbocycles. The number of benzene rings is 1. The number of halogens is 3. The molecule has 3 N–H and O–H groups in total. The van der Waals surface area contributed by atoms with E-state index in [1.165, 1.54) is 6.07 Å². The number of rotatable bonds is 2. The van der Waals surface area contributed by atoms with Crippen LogP contribution in [0.3, 0.4) is 0 Å². The minimum Gasteiger partial charge on any atom is -0.271 e. The van der Waals surface area contributed by atoms with Crippen LogP contribution >= 0.6 is 11.6 Å². The van der Waals surface area contributed by atoms with Crippen molar-refractivity contribution in [3.8, 4) is 0 Å². The van der Waals surface area contributed by atoms with E-state index in [-0.39, 0.29) is 10.6 Å². The maximum atomic E-state index is 13.1. The highest BCUT2D eigenvalue weighted by Gasteiger charge is 2.16. The molecule has 1 atom stereocenters. The summed E-state index contributed by atoms with van der Waals surface area (Å²) >= 11 is 5.67. The predicted molar refractivity (Wildman–Crippen MR) is 47.1 cm³/mol. The quantitative estimate of drug-likeness (QED) is 0.442. The summed E-state index contributed by atoms with van der Waals surface area (Å²) in [5, 5.41) is 0.157. The molecule has 0 aliphatic rings. The number of nitrogens with two attached hydrogens (primary N) is 1. The molecule has 0 radical (unpaired) electrons. The summed E-state index contributed by atoms with van der Waals surface area (Å²) in [6.07, 6.45) is 0. The van der Waals surface area contributed by atoms with Gasteiger partial charge in [-0.3, -0.25) is 11.3 Å². The molecule has 0 heterocycles. The molecule has 0 spiro atoms. The van der Waals surface area contributed by atoms with Gasteiger partial charge in [0.05, 0.1) is 0 Å². The number of hydrogen-bond donors (Lipinski definition) is 2. The minimum absolute atomic E-state index is 0.0455. The lowest BCUT2D eigenvalue weighted by Crippen LogP contribution is -2.26. The number of nitrogens with one attached hydrogen (secondary N) is 1. The van der Waals surface area contributed by atoms with E-state index < -0.39 is 17.7 Å². The third kappa shape index (κ3) is 1.96. The van der Waals surface area contributed by atoms with Crippen LogP contribution in [0.5, 0.6) is 0 Å². The molecule has 1 aromatic rings. The van der Waals surface area contributed by atoms with Crippen molar-refractivity contribution in [3.05, 3.63) is 34.4 Å². The van der Waals surface area contributed by atoms with E-state index in [0.717, 1.165) is 6.07 Å². The lowest BCUT2D eigenvalue weighted by Gasteiger charge is -2.13. The Bertz CT molecular complexity index is 317. The Morgan fingerprint density at radius 1 is 1.46 bits per heavy atom. The third-order valence-corrected chi connectivity index (χ3v) is 2.09. The van der Waals surface area contributed by atoms with Gasteiger partial charge in [-0.1, -0.05) is 11.6 Å². The van der Waals surface area contributed by atoms with Crippen LogP contribution in [0, 0.1) is 11.6 Å². The largest absolute Gasteiger partial charge is 0.271 e. The highest BCUT2D eigenvalue weighted by atomic mass is 35.5. The van der Waals surface area contributed by atoms with Gasteiger partial charge in [-0.25, -0.2) is 8.78 Å². The molecule has 5 heteroatoms. The second-order valence-electron chi connectivity index (χ2n) is 2.65. The van der Waals surface area contributed by atoms with Crippen molar-refractivity contribution >= 4 is 11.6 Å². The van der Waals surface area contributed by atoms with Gasteiger partial charge in [0, 0.05) is 16.6 Å². The van der Waals surface area contributed by atoms with Gasteiger partial charge in [-0.15, -0.1) is 0 Å². The van der Waals surface area contributed by atoms with E-state index in [2.05, 4.69) is 5.43 Å². The van der Waals surface area contributed by atoms with Crippen LogP contribution in [0.2, 0.25) is 5.02 Å². The normalized spacial score (nSPS) is 13.0. The molecule has 2 nitrogen and oxygen atoms in total. The molecule has 0 aliphatic heterocycles. The summed E-state index contributed by atoms with van der Waals surface area (Å²) in [5.74, 6) is 3.20. The first-order valence-corrected chi connectivity index (χ1v) is 4.05. The molecule has 0 amide bonds. The SMILES string of the molecule is CC(NN)c1c(Cl)ccc(F)c1F. The van der Waals surface area contributed by atoms with Crippen molar-refractivity contribution < 1.29 is 8.78 Å². The van der Waals surface area contributed by atoms with Crippen LogP contribution in [0.15, 0.2) is 12.1 Å². The molecular formula is C8H9ClF2N2. The van der Waals surface area contributed by atoms with Crippen molar-refractivity contribution in [2.45, 2.75) is 13.0 Å². The van der Waals surface area contributed by atoms with Crippen LogP contribution in [0.25, 0.3) is 0 Å². The summed E-state index contributed by atoms with van der Waals surface area (Å²) in [7, 11) is 0. The topological polar surface area (TPSA) is 38.0 Å². The maximum absolute atomic E-state index is 13.1. The summed E-state index contributed by atoms with van der Waals surface area (Å²) in [4.78, 5) is 0. The molecule has 1 aromatic carbocycles. The molecule has 0 fully saturated rings. The average molecular weight is 207 g/mol. The molecule has 0 bridgehead atoms. The van der Waals surface area contributed by atoms with Gasteiger partial charge in [0.1, 0.15) is 0 Å². The Morgan fingerprint density at radius 2 is 2.08 bits per heavy atom. The van der Waals surface area contributed by atoms with Gasteiger partial charge in [0.2, 0.25) is 0 Å². The van der Waals surface area contributed by atoms with Gasteiger partial charge in [-0.05, 0) is 19.1 Å².